The molecule has 0 aliphatic carbocycles. The van der Waals surface area contributed by atoms with Crippen molar-refractivity contribution in [2.75, 3.05) is 25.0 Å². The van der Waals surface area contributed by atoms with Crippen molar-refractivity contribution in [2.45, 2.75) is 19.9 Å². The van der Waals surface area contributed by atoms with Crippen LogP contribution in [0.2, 0.25) is 0 Å². The molecule has 0 spiro atoms. The molecule has 0 aromatic carbocycles. The minimum atomic E-state index is -0.460. The van der Waals surface area contributed by atoms with Crippen molar-refractivity contribution in [1.29, 1.82) is 0 Å². The zero-order valence-electron chi connectivity index (χ0n) is 10.3. The molecule has 18 heavy (non-hydrogen) atoms. The van der Waals surface area contributed by atoms with Crippen molar-refractivity contribution in [3.63, 3.8) is 0 Å². The van der Waals surface area contributed by atoms with Gasteiger partial charge in [-0.3, -0.25) is 9.59 Å². The highest BCUT2D eigenvalue weighted by Crippen LogP contribution is 2.18. The summed E-state index contributed by atoms with van der Waals surface area (Å²) in [7, 11) is 0. The molecule has 2 rings (SSSR count). The summed E-state index contributed by atoms with van der Waals surface area (Å²) in [5.74, 6) is -0.370. The van der Waals surface area contributed by atoms with E-state index in [4.69, 9.17) is 0 Å². The Bertz CT molecular complexity index is 461. The number of hydrogen-bond donors (Lipinski definition) is 2. The average molecular weight is 269 g/mol. The van der Waals surface area contributed by atoms with E-state index in [1.807, 2.05) is 6.92 Å². The molecule has 0 saturated carbocycles. The van der Waals surface area contributed by atoms with E-state index in [0.717, 1.165) is 6.54 Å². The summed E-state index contributed by atoms with van der Waals surface area (Å²) in [4.78, 5) is 25.2. The number of amides is 2. The van der Waals surface area contributed by atoms with Crippen LogP contribution in [0.5, 0.6) is 0 Å². The number of anilines is 1. The maximum absolute atomic E-state index is 12.2. The molecule has 2 amide bonds. The molecule has 1 aliphatic rings. The fourth-order valence-electron chi connectivity index (χ4n) is 1.72. The Labute approximate surface area is 109 Å². The van der Waals surface area contributed by atoms with Crippen LogP contribution in [0.3, 0.4) is 0 Å². The molecule has 2 heterocycles. The van der Waals surface area contributed by atoms with Crippen LogP contribution in [0.15, 0.2) is 0 Å². The number of nitrogens with one attached hydrogen (secondary N) is 2. The van der Waals surface area contributed by atoms with Crippen molar-refractivity contribution < 1.29 is 9.59 Å². The normalized spacial score (nSPS) is 19.6. The monoisotopic (exact) mass is 269 g/mol. The van der Waals surface area contributed by atoms with Gasteiger partial charge in [0.2, 0.25) is 16.0 Å². The second-order valence-corrected chi connectivity index (χ2v) is 4.89. The lowest BCUT2D eigenvalue weighted by molar-refractivity contribution is -0.127. The predicted octanol–water partition coefficient (Wildman–Crippen LogP) is -0.0696. The summed E-state index contributed by atoms with van der Waals surface area (Å²) in [6.07, 6.45) is 0. The molecule has 1 unspecified atom stereocenters. The third kappa shape index (κ3) is 2.42. The lowest BCUT2D eigenvalue weighted by Crippen LogP contribution is -2.55. The van der Waals surface area contributed by atoms with E-state index >= 15 is 0 Å². The minimum absolute atomic E-state index is 0.133. The Morgan fingerprint density at radius 2 is 2.39 bits per heavy atom. The number of hydrogen-bond acceptors (Lipinski definition) is 6. The van der Waals surface area contributed by atoms with Gasteiger partial charge in [-0.2, -0.15) is 0 Å². The first-order chi connectivity index (χ1) is 8.63. The average Bonchev–Trinajstić information content (AvgIpc) is 2.81. The Morgan fingerprint density at radius 3 is 3.11 bits per heavy atom. The number of rotatable bonds is 3. The van der Waals surface area contributed by atoms with Gasteiger partial charge in [-0.15, -0.1) is 10.2 Å². The molecule has 0 radical (unpaired) electrons. The maximum atomic E-state index is 12.2. The quantitative estimate of drug-likeness (QED) is 0.802. The van der Waals surface area contributed by atoms with Crippen LogP contribution in [0.25, 0.3) is 0 Å². The van der Waals surface area contributed by atoms with Crippen LogP contribution < -0.4 is 10.6 Å². The van der Waals surface area contributed by atoms with E-state index in [-0.39, 0.29) is 11.8 Å². The van der Waals surface area contributed by atoms with E-state index in [1.165, 1.54) is 16.2 Å². The highest BCUT2D eigenvalue weighted by Gasteiger charge is 2.31. The van der Waals surface area contributed by atoms with Gasteiger partial charge >= 0.3 is 0 Å². The highest BCUT2D eigenvalue weighted by atomic mass is 32.1. The number of aromatic nitrogens is 2. The molecule has 1 aliphatic heterocycles. The van der Waals surface area contributed by atoms with Crippen LogP contribution in [0.1, 0.15) is 23.6 Å². The molecule has 1 aromatic heterocycles. The van der Waals surface area contributed by atoms with Gasteiger partial charge in [-0.25, -0.2) is 0 Å². The zero-order valence-corrected chi connectivity index (χ0v) is 11.1. The zero-order chi connectivity index (χ0) is 13.1. The fraction of sp³-hybridized carbons (Fsp3) is 0.600. The second kappa shape index (κ2) is 5.30. The van der Waals surface area contributed by atoms with Gasteiger partial charge in [0.05, 0.1) is 0 Å². The van der Waals surface area contributed by atoms with E-state index in [0.29, 0.717) is 23.2 Å². The largest absolute Gasteiger partial charge is 0.360 e. The lowest BCUT2D eigenvalue weighted by Gasteiger charge is -2.31. The smallest absolute Gasteiger partial charge is 0.285 e. The summed E-state index contributed by atoms with van der Waals surface area (Å²) in [6.45, 7) is 5.36. The maximum Gasteiger partial charge on any atom is 0.285 e. The Kier molecular flexibility index (Phi) is 3.75. The van der Waals surface area contributed by atoms with E-state index in [1.54, 1.807) is 6.92 Å². The number of carbonyl (C=O) groups excluding carboxylic acids is 2. The molecule has 0 bridgehead atoms. The molecular formula is C10H15N5O2S. The molecular weight excluding hydrogens is 254 g/mol. The molecule has 7 nitrogen and oxygen atoms in total. The van der Waals surface area contributed by atoms with Crippen LogP contribution in [0.4, 0.5) is 5.13 Å². The number of piperazine rings is 1. The molecule has 8 heteroatoms. The van der Waals surface area contributed by atoms with Crippen molar-refractivity contribution in [2.24, 2.45) is 0 Å². The molecule has 98 valence electrons. The molecule has 1 saturated heterocycles. The Hall–Kier alpha value is -1.70. The Morgan fingerprint density at radius 1 is 1.61 bits per heavy atom. The van der Waals surface area contributed by atoms with Gasteiger partial charge in [0.25, 0.3) is 5.91 Å². The van der Waals surface area contributed by atoms with Crippen molar-refractivity contribution in [3.8, 4) is 0 Å². The van der Waals surface area contributed by atoms with Crippen molar-refractivity contribution >= 4 is 28.3 Å². The first kappa shape index (κ1) is 12.7. The topological polar surface area (TPSA) is 87.2 Å². The standard InChI is InChI=1S/C10H15N5O2S/c1-3-11-10-14-13-8(18-10)9(17)15-5-4-12-7(16)6(15)2/h6H,3-5H2,1-2H3,(H,11,14)(H,12,16). The SMILES string of the molecule is CCNc1nnc(C(=O)N2CCNC(=O)C2C)s1. The molecule has 1 fully saturated rings. The summed E-state index contributed by atoms with van der Waals surface area (Å²) >= 11 is 1.21. The summed E-state index contributed by atoms with van der Waals surface area (Å²) < 4.78 is 0. The Balaban J connectivity index is 2.12. The van der Waals surface area contributed by atoms with Gasteiger partial charge in [0.15, 0.2) is 0 Å². The number of carbonyl (C=O) groups is 2. The second-order valence-electron chi connectivity index (χ2n) is 3.91. The van der Waals surface area contributed by atoms with Gasteiger partial charge in [-0.05, 0) is 13.8 Å². The minimum Gasteiger partial charge on any atom is -0.360 e. The van der Waals surface area contributed by atoms with Crippen LogP contribution >= 0.6 is 11.3 Å². The van der Waals surface area contributed by atoms with E-state index < -0.39 is 6.04 Å². The predicted molar refractivity (Wildman–Crippen MR) is 67.6 cm³/mol. The molecule has 1 atom stereocenters. The van der Waals surface area contributed by atoms with Gasteiger partial charge in [0.1, 0.15) is 6.04 Å². The van der Waals surface area contributed by atoms with Crippen LogP contribution in [-0.2, 0) is 4.79 Å². The highest BCUT2D eigenvalue weighted by molar-refractivity contribution is 7.17. The third-order valence-corrected chi connectivity index (χ3v) is 3.56. The first-order valence-corrected chi connectivity index (χ1v) is 6.61. The van der Waals surface area contributed by atoms with Gasteiger partial charge in [-0.1, -0.05) is 11.3 Å². The van der Waals surface area contributed by atoms with E-state index in [2.05, 4.69) is 20.8 Å². The summed E-state index contributed by atoms with van der Waals surface area (Å²) in [6, 6.07) is -0.460. The van der Waals surface area contributed by atoms with Crippen molar-refractivity contribution in [3.05, 3.63) is 5.01 Å². The summed E-state index contributed by atoms with van der Waals surface area (Å²) in [5, 5.41) is 14.4. The summed E-state index contributed by atoms with van der Waals surface area (Å²) in [5.41, 5.74) is 0. The molecule has 1 aromatic rings. The van der Waals surface area contributed by atoms with Gasteiger partial charge in [0, 0.05) is 19.6 Å². The van der Waals surface area contributed by atoms with Gasteiger partial charge < -0.3 is 15.5 Å². The van der Waals surface area contributed by atoms with Crippen LogP contribution in [-0.4, -0.2) is 52.6 Å². The van der Waals surface area contributed by atoms with Crippen molar-refractivity contribution in [1.82, 2.24) is 20.4 Å². The first-order valence-electron chi connectivity index (χ1n) is 5.79. The lowest BCUT2D eigenvalue weighted by atomic mass is 10.2. The number of nitrogens with zero attached hydrogens (tertiary/aromatic N) is 3. The van der Waals surface area contributed by atoms with Crippen LogP contribution in [0, 0.1) is 0 Å². The molecule has 2 N–H and O–H groups in total. The third-order valence-electron chi connectivity index (χ3n) is 2.70. The van der Waals surface area contributed by atoms with E-state index in [9.17, 15) is 9.59 Å². The fourth-order valence-corrected chi connectivity index (χ4v) is 2.48.